The Morgan fingerprint density at radius 3 is 2.74 bits per heavy atom. The summed E-state index contributed by atoms with van der Waals surface area (Å²) >= 11 is 0. The maximum absolute atomic E-state index is 12.1. The van der Waals surface area contributed by atoms with Crippen molar-refractivity contribution in [3.63, 3.8) is 0 Å². The van der Waals surface area contributed by atoms with Crippen molar-refractivity contribution in [3.8, 4) is 0 Å². The number of sulfonamides is 1. The zero-order valence-corrected chi connectivity index (χ0v) is 11.7. The van der Waals surface area contributed by atoms with E-state index in [1.165, 1.54) is 6.42 Å². The number of nitrogens with zero attached hydrogens (tertiary/aromatic N) is 1. The van der Waals surface area contributed by atoms with Crippen LogP contribution >= 0.6 is 0 Å². The lowest BCUT2D eigenvalue weighted by Crippen LogP contribution is -2.57. The summed E-state index contributed by atoms with van der Waals surface area (Å²) in [5, 5.41) is -0.605. The molecule has 0 aromatic rings. The third-order valence-corrected chi connectivity index (χ3v) is 5.71. The quantitative estimate of drug-likeness (QED) is 0.773. The van der Waals surface area contributed by atoms with Crippen LogP contribution in [-0.4, -0.2) is 45.0 Å². The summed E-state index contributed by atoms with van der Waals surface area (Å²) in [4.78, 5) is 4.45. The highest BCUT2D eigenvalue weighted by Crippen LogP contribution is 2.24. The molecule has 0 radical (unpaired) electrons. The van der Waals surface area contributed by atoms with Gasteiger partial charge in [-0.3, -0.25) is 0 Å². The largest absolute Gasteiger partial charge is 0.460 e. The van der Waals surface area contributed by atoms with Gasteiger partial charge in [0.1, 0.15) is 11.4 Å². The van der Waals surface area contributed by atoms with Crippen LogP contribution in [0.5, 0.6) is 0 Å². The third kappa shape index (κ3) is 2.86. The topological polar surface area (TPSA) is 77.0 Å². The average Bonchev–Trinajstić information content (AvgIpc) is 2.39. The fourth-order valence-electron chi connectivity index (χ4n) is 2.91. The van der Waals surface area contributed by atoms with E-state index in [4.69, 9.17) is 9.47 Å². The summed E-state index contributed by atoms with van der Waals surface area (Å²) in [5.74, 6) is 0. The summed E-state index contributed by atoms with van der Waals surface area (Å²) < 4.78 is 37.6. The van der Waals surface area contributed by atoms with Crippen LogP contribution in [0.25, 0.3) is 0 Å². The maximum atomic E-state index is 12.1. The predicted octanol–water partition coefficient (Wildman–Crippen LogP) is 0.782. The van der Waals surface area contributed by atoms with Gasteiger partial charge in [-0.2, -0.15) is 0 Å². The fourth-order valence-corrected chi connectivity index (χ4v) is 4.28. The third-order valence-electron chi connectivity index (χ3n) is 4.01. The second kappa shape index (κ2) is 5.28. The highest BCUT2D eigenvalue weighted by atomic mass is 32.2. The second-order valence-electron chi connectivity index (χ2n) is 5.43. The zero-order chi connectivity index (χ0) is 13.3. The number of amidine groups is 1. The van der Waals surface area contributed by atoms with Crippen molar-refractivity contribution < 1.29 is 17.9 Å². The lowest BCUT2D eigenvalue weighted by molar-refractivity contribution is 0.0175. The number of aliphatic imine (C=N–C) groups is 1. The molecule has 6 nitrogen and oxygen atoms in total. The molecule has 3 aliphatic rings. The van der Waals surface area contributed by atoms with Crippen molar-refractivity contribution in [2.24, 2.45) is 4.99 Å². The Kier molecular flexibility index (Phi) is 3.66. The van der Waals surface area contributed by atoms with Crippen LogP contribution in [0.3, 0.4) is 0 Å². The van der Waals surface area contributed by atoms with Crippen LogP contribution in [0.1, 0.15) is 38.5 Å². The lowest BCUT2D eigenvalue weighted by Gasteiger charge is -2.36. The molecule has 2 aliphatic heterocycles. The smallest absolute Gasteiger partial charge is 0.299 e. The second-order valence-corrected chi connectivity index (χ2v) is 7.33. The minimum atomic E-state index is -3.41. The first kappa shape index (κ1) is 13.2. The number of hydrogen-bond donors (Lipinski definition) is 1. The Labute approximate surface area is 113 Å². The molecule has 1 saturated carbocycles. The first-order chi connectivity index (χ1) is 9.15. The lowest BCUT2D eigenvalue weighted by atomic mass is 9.96. The summed E-state index contributed by atoms with van der Waals surface area (Å²) in [5.41, 5.74) is 0. The van der Waals surface area contributed by atoms with Gasteiger partial charge in [-0.1, -0.05) is 19.3 Å². The van der Waals surface area contributed by atoms with Crippen LogP contribution in [0, 0.1) is 0 Å². The molecule has 2 heterocycles. The SMILES string of the molecule is O=S1(=O)NC(=NC2CCCCC2)O[C@H]2CCOC[C@@H]21. The molecule has 3 fully saturated rings. The molecule has 108 valence electrons. The van der Waals surface area contributed by atoms with Gasteiger partial charge in [0.2, 0.25) is 10.0 Å². The molecule has 0 amide bonds. The highest BCUT2D eigenvalue weighted by molar-refractivity contribution is 7.90. The van der Waals surface area contributed by atoms with Gasteiger partial charge in [-0.25, -0.2) is 18.1 Å². The van der Waals surface area contributed by atoms with Crippen LogP contribution < -0.4 is 4.72 Å². The van der Waals surface area contributed by atoms with Gasteiger partial charge in [0.15, 0.2) is 0 Å². The van der Waals surface area contributed by atoms with Gasteiger partial charge in [0.05, 0.1) is 19.3 Å². The molecule has 3 rings (SSSR count). The van der Waals surface area contributed by atoms with Crippen LogP contribution in [0.2, 0.25) is 0 Å². The summed E-state index contributed by atoms with van der Waals surface area (Å²) in [6.45, 7) is 0.754. The maximum Gasteiger partial charge on any atom is 0.299 e. The fraction of sp³-hybridized carbons (Fsp3) is 0.917. The molecule has 0 unspecified atom stereocenters. The number of hydrogen-bond acceptors (Lipinski definition) is 5. The van der Waals surface area contributed by atoms with Gasteiger partial charge in [-0.15, -0.1) is 0 Å². The van der Waals surface area contributed by atoms with E-state index in [-0.39, 0.29) is 24.8 Å². The van der Waals surface area contributed by atoms with Crippen LogP contribution in [0.4, 0.5) is 0 Å². The molecule has 0 aromatic heterocycles. The van der Waals surface area contributed by atoms with E-state index in [1.807, 2.05) is 0 Å². The van der Waals surface area contributed by atoms with Gasteiger partial charge in [0, 0.05) is 6.42 Å². The molecular formula is C12H20N2O4S. The van der Waals surface area contributed by atoms with Gasteiger partial charge < -0.3 is 9.47 Å². The van der Waals surface area contributed by atoms with Crippen molar-refractivity contribution >= 4 is 16.0 Å². The Morgan fingerprint density at radius 1 is 1.16 bits per heavy atom. The average molecular weight is 288 g/mol. The first-order valence-electron chi connectivity index (χ1n) is 6.99. The van der Waals surface area contributed by atoms with E-state index < -0.39 is 15.3 Å². The highest BCUT2D eigenvalue weighted by Gasteiger charge is 2.43. The molecular weight excluding hydrogens is 268 g/mol. The summed E-state index contributed by atoms with van der Waals surface area (Å²) in [6.07, 6.45) is 5.90. The van der Waals surface area contributed by atoms with Gasteiger partial charge >= 0.3 is 0 Å². The molecule has 7 heteroatoms. The number of nitrogens with one attached hydrogen (secondary N) is 1. The summed E-state index contributed by atoms with van der Waals surface area (Å²) in [7, 11) is -3.41. The monoisotopic (exact) mass is 288 g/mol. The van der Waals surface area contributed by atoms with E-state index in [0.29, 0.717) is 13.0 Å². The molecule has 1 aliphatic carbocycles. The van der Waals surface area contributed by atoms with Gasteiger partial charge in [-0.05, 0) is 12.8 Å². The normalized spacial score (nSPS) is 37.2. The number of rotatable bonds is 1. The Morgan fingerprint density at radius 2 is 1.95 bits per heavy atom. The van der Waals surface area contributed by atoms with Crippen molar-refractivity contribution in [1.29, 1.82) is 0 Å². The molecule has 19 heavy (non-hydrogen) atoms. The van der Waals surface area contributed by atoms with E-state index >= 15 is 0 Å². The van der Waals surface area contributed by atoms with E-state index in [9.17, 15) is 8.42 Å². The molecule has 0 spiro atoms. The zero-order valence-electron chi connectivity index (χ0n) is 10.9. The number of ether oxygens (including phenoxy) is 2. The van der Waals surface area contributed by atoms with Crippen molar-refractivity contribution in [2.45, 2.75) is 55.9 Å². The Hall–Kier alpha value is -0.820. The number of fused-ring (bicyclic) bond motifs is 1. The molecule has 2 atom stereocenters. The predicted molar refractivity (Wildman–Crippen MR) is 70.5 cm³/mol. The van der Waals surface area contributed by atoms with Crippen molar-refractivity contribution in [1.82, 2.24) is 4.72 Å². The van der Waals surface area contributed by atoms with Gasteiger partial charge in [0.25, 0.3) is 6.02 Å². The molecule has 0 aromatic carbocycles. The summed E-state index contributed by atoms with van der Waals surface area (Å²) in [6, 6.07) is 0.387. The molecule has 2 saturated heterocycles. The minimum absolute atomic E-state index is 0.190. The standard InChI is InChI=1S/C12H20N2O4S/c15-19(16)11-8-17-7-6-10(11)18-12(14-19)13-9-4-2-1-3-5-9/h9-11H,1-8H2,(H,13,14)/t10-,11-/m0/s1. The first-order valence-corrected chi connectivity index (χ1v) is 8.53. The van der Waals surface area contributed by atoms with E-state index in [1.54, 1.807) is 0 Å². The Bertz CT molecular complexity index is 456. The van der Waals surface area contributed by atoms with Crippen molar-refractivity contribution in [3.05, 3.63) is 0 Å². The van der Waals surface area contributed by atoms with E-state index in [0.717, 1.165) is 25.7 Å². The van der Waals surface area contributed by atoms with Crippen LogP contribution in [-0.2, 0) is 19.5 Å². The van der Waals surface area contributed by atoms with Crippen LogP contribution in [0.15, 0.2) is 4.99 Å². The minimum Gasteiger partial charge on any atom is -0.460 e. The molecule has 0 bridgehead atoms. The van der Waals surface area contributed by atoms with Crippen molar-refractivity contribution in [2.75, 3.05) is 13.2 Å². The Balaban J connectivity index is 1.75. The van der Waals surface area contributed by atoms with E-state index in [2.05, 4.69) is 9.71 Å². The molecule has 1 N–H and O–H groups in total.